The van der Waals surface area contributed by atoms with Crippen LogP contribution < -0.4 is 14.2 Å². The second-order valence-electron chi connectivity index (χ2n) is 11.7. The highest BCUT2D eigenvalue weighted by Crippen LogP contribution is 2.47. The standard InChI is InChI=1S/C29H46N4O8S/c1-5-6-11-31(12-7-10-30(2)3)26(34)19-32-18-22(21-16-24(39-4)28-25(17-21)40-20-41-28)27(29(35)36)23(32)9-14-33-13-8-15-42(33,37)38/h16-17,22-23,27H,5-15,18-20H2,1-4H3,(H,35,36)/t22-,23+,27-/m1/s1. The van der Waals surface area contributed by atoms with Gasteiger partial charge in [-0.2, -0.15) is 0 Å². The van der Waals surface area contributed by atoms with Crippen LogP contribution in [0.5, 0.6) is 17.2 Å². The van der Waals surface area contributed by atoms with Crippen LogP contribution in [-0.4, -0.2) is 130 Å². The highest BCUT2D eigenvalue weighted by atomic mass is 32.2. The van der Waals surface area contributed by atoms with Gasteiger partial charge in [-0.15, -0.1) is 0 Å². The van der Waals surface area contributed by atoms with Crippen LogP contribution in [0.1, 0.15) is 50.5 Å². The molecule has 12 nitrogen and oxygen atoms in total. The van der Waals surface area contributed by atoms with E-state index in [2.05, 4.69) is 11.8 Å². The number of aliphatic carboxylic acids is 1. The third kappa shape index (κ3) is 7.47. The molecule has 2 fully saturated rings. The maximum Gasteiger partial charge on any atom is 0.308 e. The molecule has 3 heterocycles. The molecule has 13 heteroatoms. The molecule has 236 valence electrons. The number of nitrogens with zero attached hydrogens (tertiary/aromatic N) is 4. The molecule has 0 radical (unpaired) electrons. The van der Waals surface area contributed by atoms with Gasteiger partial charge in [0, 0.05) is 44.7 Å². The molecular weight excluding hydrogens is 564 g/mol. The van der Waals surface area contributed by atoms with E-state index in [1.165, 1.54) is 11.4 Å². The van der Waals surface area contributed by atoms with Crippen LogP contribution in [0, 0.1) is 5.92 Å². The zero-order valence-electron chi connectivity index (χ0n) is 25.3. The summed E-state index contributed by atoms with van der Waals surface area (Å²) in [6.07, 6.45) is 3.58. The molecule has 3 aliphatic heterocycles. The number of amides is 1. The number of carbonyl (C=O) groups is 2. The van der Waals surface area contributed by atoms with Crippen LogP contribution in [0.2, 0.25) is 0 Å². The van der Waals surface area contributed by atoms with Gasteiger partial charge in [-0.25, -0.2) is 12.7 Å². The van der Waals surface area contributed by atoms with Crippen molar-refractivity contribution in [3.8, 4) is 17.2 Å². The topological polar surface area (TPSA) is 129 Å². The molecule has 0 spiro atoms. The van der Waals surface area contributed by atoms with Crippen LogP contribution in [0.15, 0.2) is 12.1 Å². The fourth-order valence-electron chi connectivity index (χ4n) is 6.33. The number of carbonyl (C=O) groups excluding carboxylic acids is 1. The second kappa shape index (κ2) is 14.2. The lowest BCUT2D eigenvalue weighted by Crippen LogP contribution is -2.46. The van der Waals surface area contributed by atoms with Gasteiger partial charge in [0.2, 0.25) is 28.5 Å². The zero-order chi connectivity index (χ0) is 30.4. The molecule has 0 unspecified atom stereocenters. The van der Waals surface area contributed by atoms with Crippen LogP contribution in [-0.2, 0) is 19.6 Å². The van der Waals surface area contributed by atoms with E-state index in [-0.39, 0.29) is 31.5 Å². The number of carboxylic acid groups (broad SMARTS) is 1. The van der Waals surface area contributed by atoms with Gasteiger partial charge in [0.05, 0.1) is 25.3 Å². The number of unbranched alkanes of at least 4 members (excludes halogenated alkanes) is 1. The fraction of sp³-hybridized carbons (Fsp3) is 0.724. The number of sulfonamides is 1. The number of methoxy groups -OCH3 is 1. The summed E-state index contributed by atoms with van der Waals surface area (Å²) in [5.41, 5.74) is 0.728. The zero-order valence-corrected chi connectivity index (χ0v) is 26.1. The van der Waals surface area contributed by atoms with E-state index >= 15 is 0 Å². The van der Waals surface area contributed by atoms with Crippen molar-refractivity contribution in [1.82, 2.24) is 19.0 Å². The largest absolute Gasteiger partial charge is 0.493 e. The van der Waals surface area contributed by atoms with E-state index in [0.29, 0.717) is 56.3 Å². The second-order valence-corrected chi connectivity index (χ2v) is 13.8. The van der Waals surface area contributed by atoms with E-state index in [1.54, 1.807) is 12.1 Å². The number of ether oxygens (including phenoxy) is 3. The summed E-state index contributed by atoms with van der Waals surface area (Å²) in [5.74, 6) is -0.773. The summed E-state index contributed by atoms with van der Waals surface area (Å²) in [4.78, 5) is 32.5. The smallest absolute Gasteiger partial charge is 0.308 e. The van der Waals surface area contributed by atoms with E-state index in [0.717, 1.165) is 31.4 Å². The van der Waals surface area contributed by atoms with Crippen molar-refractivity contribution in [2.45, 2.75) is 51.0 Å². The number of benzene rings is 1. The van der Waals surface area contributed by atoms with Crippen LogP contribution in [0.25, 0.3) is 0 Å². The van der Waals surface area contributed by atoms with Gasteiger partial charge in [0.25, 0.3) is 0 Å². The normalized spacial score (nSPS) is 23.5. The molecular formula is C29H46N4O8S. The van der Waals surface area contributed by atoms with Crippen molar-refractivity contribution < 1.29 is 37.3 Å². The van der Waals surface area contributed by atoms with Crippen molar-refractivity contribution in [1.29, 1.82) is 0 Å². The Bertz CT molecular complexity index is 1210. The first kappa shape index (κ1) is 32.3. The van der Waals surface area contributed by atoms with Crippen LogP contribution in [0.3, 0.4) is 0 Å². The number of carboxylic acids is 1. The molecule has 0 saturated carbocycles. The van der Waals surface area contributed by atoms with Crippen LogP contribution >= 0.6 is 0 Å². The molecule has 42 heavy (non-hydrogen) atoms. The molecule has 1 N–H and O–H groups in total. The van der Waals surface area contributed by atoms with Gasteiger partial charge in [0.15, 0.2) is 11.5 Å². The Labute approximate surface area is 249 Å². The van der Waals surface area contributed by atoms with E-state index in [1.807, 2.05) is 23.9 Å². The summed E-state index contributed by atoms with van der Waals surface area (Å²) in [5, 5.41) is 10.5. The van der Waals surface area contributed by atoms with E-state index in [9.17, 15) is 23.1 Å². The molecule has 4 rings (SSSR count). The molecule has 3 atom stereocenters. The first-order chi connectivity index (χ1) is 20.1. The lowest BCUT2D eigenvalue weighted by Gasteiger charge is -2.30. The summed E-state index contributed by atoms with van der Waals surface area (Å²) >= 11 is 0. The molecule has 0 aliphatic carbocycles. The average Bonchev–Trinajstić information content (AvgIpc) is 3.64. The van der Waals surface area contributed by atoms with E-state index < -0.39 is 33.9 Å². The number of likely N-dealkylation sites (tertiary alicyclic amines) is 1. The minimum atomic E-state index is -3.34. The highest BCUT2D eigenvalue weighted by Gasteiger charge is 2.48. The Balaban J connectivity index is 1.61. The highest BCUT2D eigenvalue weighted by molar-refractivity contribution is 7.89. The number of hydrogen-bond acceptors (Lipinski definition) is 9. The molecule has 1 aromatic carbocycles. The molecule has 3 aliphatic rings. The van der Waals surface area contributed by atoms with Gasteiger partial charge in [0.1, 0.15) is 0 Å². The Kier molecular flexibility index (Phi) is 11.0. The molecule has 2 saturated heterocycles. The lowest BCUT2D eigenvalue weighted by atomic mass is 9.84. The number of hydrogen-bond donors (Lipinski definition) is 1. The molecule has 0 aromatic heterocycles. The molecule has 1 aromatic rings. The molecule has 1 amide bonds. The van der Waals surface area contributed by atoms with E-state index in [4.69, 9.17) is 14.2 Å². The van der Waals surface area contributed by atoms with Crippen molar-refractivity contribution in [2.24, 2.45) is 5.92 Å². The summed E-state index contributed by atoms with van der Waals surface area (Å²) in [7, 11) is 2.20. The van der Waals surface area contributed by atoms with Crippen molar-refractivity contribution in [2.75, 3.05) is 79.6 Å². The Morgan fingerprint density at radius 3 is 2.55 bits per heavy atom. The fourth-order valence-corrected chi connectivity index (χ4v) is 7.88. The van der Waals surface area contributed by atoms with Gasteiger partial charge >= 0.3 is 5.97 Å². The average molecular weight is 611 g/mol. The Hall–Kier alpha value is -2.61. The predicted molar refractivity (Wildman–Crippen MR) is 158 cm³/mol. The van der Waals surface area contributed by atoms with Gasteiger partial charge in [-0.1, -0.05) is 13.3 Å². The third-order valence-corrected chi connectivity index (χ3v) is 10.5. The Morgan fingerprint density at radius 2 is 1.90 bits per heavy atom. The number of fused-ring (bicyclic) bond motifs is 1. The van der Waals surface area contributed by atoms with Gasteiger partial charge in [-0.3, -0.25) is 14.5 Å². The van der Waals surface area contributed by atoms with Crippen LogP contribution in [0.4, 0.5) is 0 Å². The maximum atomic E-state index is 13.7. The quantitative estimate of drug-likeness (QED) is 0.314. The summed E-state index contributed by atoms with van der Waals surface area (Å²) < 4.78 is 43.2. The first-order valence-electron chi connectivity index (χ1n) is 14.9. The van der Waals surface area contributed by atoms with Gasteiger partial charge < -0.3 is 29.1 Å². The lowest BCUT2D eigenvalue weighted by molar-refractivity contribution is -0.143. The SMILES string of the molecule is CCCCN(CCCN(C)C)C(=O)CN1C[C@H](c2cc(OC)c3c(c2)OCO3)[C@@H](C(=O)O)[C@@H]1CCN1CCCS1(=O)=O. The maximum absolute atomic E-state index is 13.7. The monoisotopic (exact) mass is 610 g/mol. The third-order valence-electron chi connectivity index (χ3n) is 8.53. The summed E-state index contributed by atoms with van der Waals surface area (Å²) in [6.45, 7) is 5.36. The predicted octanol–water partition coefficient (Wildman–Crippen LogP) is 1.90. The van der Waals surface area contributed by atoms with Crippen molar-refractivity contribution in [3.05, 3.63) is 17.7 Å². The first-order valence-corrected chi connectivity index (χ1v) is 16.5. The number of rotatable bonds is 15. The minimum absolute atomic E-state index is 0.0333. The van der Waals surface area contributed by atoms with Crippen molar-refractivity contribution in [3.63, 3.8) is 0 Å². The Morgan fingerprint density at radius 1 is 1.14 bits per heavy atom. The summed E-state index contributed by atoms with van der Waals surface area (Å²) in [6, 6.07) is 3.06. The van der Waals surface area contributed by atoms with Gasteiger partial charge in [-0.05, 0) is 64.0 Å². The minimum Gasteiger partial charge on any atom is -0.493 e. The molecule has 0 bridgehead atoms. The van der Waals surface area contributed by atoms with Crippen molar-refractivity contribution >= 4 is 21.9 Å².